The number of carbonyl (C=O) groups is 4. The highest BCUT2D eigenvalue weighted by Crippen LogP contribution is 2.37. The van der Waals surface area contributed by atoms with Crippen LogP contribution in [0, 0.1) is 11.8 Å². The Balaban J connectivity index is 3.31. The summed E-state index contributed by atoms with van der Waals surface area (Å²) in [4.78, 5) is 45.4. The maximum absolute atomic E-state index is 11.5. The summed E-state index contributed by atoms with van der Waals surface area (Å²) in [7, 11) is 0. The fourth-order valence-corrected chi connectivity index (χ4v) is 3.75. The Labute approximate surface area is 172 Å². The zero-order valence-electron chi connectivity index (χ0n) is 16.1. The number of thiocarbonyl (C=S) groups is 1. The highest BCUT2D eigenvalue weighted by Gasteiger charge is 2.48. The lowest BCUT2D eigenvalue weighted by Crippen LogP contribution is -2.61. The number of carboxylic acids is 3. The number of carbonyl (C=O) groups excluding carboxylic acids is 1. The number of nitrogens with one attached hydrogen (secondary N) is 2. The largest absolute Gasteiger partial charge is 0.481 e. The van der Waals surface area contributed by atoms with Crippen molar-refractivity contribution in [1.82, 2.24) is 10.6 Å². The molecule has 1 aliphatic rings. The maximum atomic E-state index is 11.5. The van der Waals surface area contributed by atoms with Crippen LogP contribution < -0.4 is 10.6 Å². The SMILES string of the molecule is CCNC(=S)N[C@@H]1[C@H](CC(=O)O)[C@H](CC(=O)O)[C@H](COC(C)=O)O[C@H]1CC(=O)O. The van der Waals surface area contributed by atoms with Crippen LogP contribution >= 0.6 is 12.2 Å². The first-order valence-electron chi connectivity index (χ1n) is 9.03. The lowest BCUT2D eigenvalue weighted by molar-refractivity contribution is -0.179. The minimum atomic E-state index is -1.19. The Hall–Kier alpha value is -2.47. The Kier molecular flexibility index (Phi) is 9.75. The van der Waals surface area contributed by atoms with Gasteiger partial charge in [-0.1, -0.05) is 0 Å². The second kappa shape index (κ2) is 11.5. The topological polar surface area (TPSA) is 171 Å². The Morgan fingerprint density at radius 3 is 2.00 bits per heavy atom. The molecule has 0 saturated carbocycles. The van der Waals surface area contributed by atoms with E-state index >= 15 is 0 Å². The van der Waals surface area contributed by atoms with E-state index in [-0.39, 0.29) is 11.7 Å². The van der Waals surface area contributed by atoms with E-state index in [9.17, 15) is 34.5 Å². The Morgan fingerprint density at radius 1 is 0.966 bits per heavy atom. The molecule has 5 N–H and O–H groups in total. The normalized spacial score (nSPS) is 26.2. The molecule has 0 aliphatic carbocycles. The summed E-state index contributed by atoms with van der Waals surface area (Å²) < 4.78 is 10.7. The van der Waals surface area contributed by atoms with Gasteiger partial charge in [0.2, 0.25) is 0 Å². The van der Waals surface area contributed by atoms with Gasteiger partial charge in [0.1, 0.15) is 6.61 Å². The van der Waals surface area contributed by atoms with Gasteiger partial charge in [-0.2, -0.15) is 0 Å². The summed E-state index contributed by atoms with van der Waals surface area (Å²) >= 11 is 5.15. The first kappa shape index (κ1) is 24.6. The zero-order chi connectivity index (χ0) is 22.1. The minimum absolute atomic E-state index is 0.166. The molecule has 0 aromatic carbocycles. The van der Waals surface area contributed by atoms with Crippen molar-refractivity contribution in [1.29, 1.82) is 0 Å². The van der Waals surface area contributed by atoms with Crippen molar-refractivity contribution in [2.24, 2.45) is 11.8 Å². The Morgan fingerprint density at radius 2 is 1.52 bits per heavy atom. The molecule has 0 radical (unpaired) electrons. The van der Waals surface area contributed by atoms with Gasteiger partial charge in [-0.25, -0.2) is 0 Å². The van der Waals surface area contributed by atoms with Crippen LogP contribution in [-0.2, 0) is 28.7 Å². The van der Waals surface area contributed by atoms with E-state index in [4.69, 9.17) is 21.7 Å². The van der Waals surface area contributed by atoms with Crippen molar-refractivity contribution in [2.75, 3.05) is 13.2 Å². The molecule has 1 heterocycles. The molecule has 29 heavy (non-hydrogen) atoms. The Bertz CT molecular complexity index is 642. The summed E-state index contributed by atoms with van der Waals surface area (Å²) in [5.74, 6) is -5.87. The van der Waals surface area contributed by atoms with Gasteiger partial charge in [-0.15, -0.1) is 0 Å². The van der Waals surface area contributed by atoms with E-state index in [0.29, 0.717) is 6.54 Å². The number of rotatable bonds is 10. The predicted octanol–water partition coefficient (Wildman–Crippen LogP) is -0.174. The van der Waals surface area contributed by atoms with Gasteiger partial charge in [-0.05, 0) is 25.1 Å². The van der Waals surface area contributed by atoms with E-state index in [1.807, 2.05) is 0 Å². The monoisotopic (exact) mass is 434 g/mol. The second-order valence-electron chi connectivity index (χ2n) is 6.67. The van der Waals surface area contributed by atoms with E-state index in [1.165, 1.54) is 0 Å². The molecule has 0 unspecified atom stereocenters. The molecule has 1 fully saturated rings. The van der Waals surface area contributed by atoms with Crippen molar-refractivity contribution in [3.8, 4) is 0 Å². The molecule has 0 aromatic rings. The van der Waals surface area contributed by atoms with Crippen LogP contribution in [-0.4, -0.2) is 75.7 Å². The van der Waals surface area contributed by atoms with Gasteiger partial charge >= 0.3 is 23.9 Å². The summed E-state index contributed by atoms with van der Waals surface area (Å²) in [6.45, 7) is 3.11. The average Bonchev–Trinajstić information content (AvgIpc) is 2.57. The summed E-state index contributed by atoms with van der Waals surface area (Å²) in [6, 6.07) is -0.869. The third-order valence-electron chi connectivity index (χ3n) is 4.52. The summed E-state index contributed by atoms with van der Waals surface area (Å²) in [5, 5.41) is 33.8. The molecule has 0 amide bonds. The van der Waals surface area contributed by atoms with Crippen LogP contribution in [0.15, 0.2) is 0 Å². The molecular formula is C17H26N2O9S. The van der Waals surface area contributed by atoms with Gasteiger partial charge in [0.25, 0.3) is 0 Å². The number of ether oxygens (including phenoxy) is 2. The minimum Gasteiger partial charge on any atom is -0.481 e. The molecule has 11 nitrogen and oxygen atoms in total. The summed E-state index contributed by atoms with van der Waals surface area (Å²) in [6.07, 6.45) is -3.36. The van der Waals surface area contributed by atoms with E-state index in [2.05, 4.69) is 10.6 Å². The molecule has 0 bridgehead atoms. The molecule has 1 aliphatic heterocycles. The smallest absolute Gasteiger partial charge is 0.306 e. The van der Waals surface area contributed by atoms with Crippen LogP contribution in [0.5, 0.6) is 0 Å². The van der Waals surface area contributed by atoms with Crippen LogP contribution in [0.2, 0.25) is 0 Å². The lowest BCUT2D eigenvalue weighted by atomic mass is 9.73. The number of carboxylic acid groups (broad SMARTS) is 3. The molecule has 1 rings (SSSR count). The fraction of sp³-hybridized carbons (Fsp3) is 0.706. The van der Waals surface area contributed by atoms with E-state index in [0.717, 1.165) is 6.92 Å². The van der Waals surface area contributed by atoms with Crippen molar-refractivity contribution >= 4 is 41.2 Å². The van der Waals surface area contributed by atoms with E-state index in [1.54, 1.807) is 6.92 Å². The molecule has 0 spiro atoms. The van der Waals surface area contributed by atoms with Crippen LogP contribution in [0.3, 0.4) is 0 Å². The van der Waals surface area contributed by atoms with Gasteiger partial charge in [0.15, 0.2) is 5.11 Å². The molecule has 164 valence electrons. The van der Waals surface area contributed by atoms with Gasteiger partial charge in [0.05, 0.1) is 37.5 Å². The van der Waals surface area contributed by atoms with E-state index < -0.39 is 73.2 Å². The zero-order valence-corrected chi connectivity index (χ0v) is 16.9. The van der Waals surface area contributed by atoms with Crippen LogP contribution in [0.25, 0.3) is 0 Å². The van der Waals surface area contributed by atoms with Gasteiger partial charge in [-0.3, -0.25) is 19.2 Å². The molecule has 12 heteroatoms. The van der Waals surface area contributed by atoms with Crippen molar-refractivity contribution < 1.29 is 44.0 Å². The average molecular weight is 434 g/mol. The third kappa shape index (κ3) is 8.20. The highest BCUT2D eigenvalue weighted by molar-refractivity contribution is 7.80. The number of hydrogen-bond acceptors (Lipinski definition) is 7. The highest BCUT2D eigenvalue weighted by atomic mass is 32.1. The number of hydrogen-bond donors (Lipinski definition) is 5. The molecule has 5 atom stereocenters. The number of aliphatic carboxylic acids is 3. The third-order valence-corrected chi connectivity index (χ3v) is 4.78. The van der Waals surface area contributed by atoms with Crippen molar-refractivity contribution in [2.45, 2.75) is 51.4 Å². The fourth-order valence-electron chi connectivity index (χ4n) is 3.46. The first-order chi connectivity index (χ1) is 13.5. The van der Waals surface area contributed by atoms with Gasteiger partial charge in [0, 0.05) is 19.4 Å². The van der Waals surface area contributed by atoms with Crippen molar-refractivity contribution in [3.63, 3.8) is 0 Å². The van der Waals surface area contributed by atoms with Gasteiger partial charge < -0.3 is 35.4 Å². The second-order valence-corrected chi connectivity index (χ2v) is 7.07. The lowest BCUT2D eigenvalue weighted by Gasteiger charge is -2.46. The standard InChI is InChI=1S/C17H26N2O9S/c1-3-18-17(29)19-16-10(5-14(23)24)9(4-13(21)22)12(7-27-8(2)20)28-11(16)6-15(25)26/h9-12,16H,3-7H2,1-2H3,(H,21,22)(H,23,24)(H,25,26)(H2,18,19,29)/t9-,10+,11-,12-,16+/m0/s1. The predicted molar refractivity (Wildman–Crippen MR) is 102 cm³/mol. The van der Waals surface area contributed by atoms with Crippen LogP contribution in [0.1, 0.15) is 33.1 Å². The summed E-state index contributed by atoms with van der Waals surface area (Å²) in [5.41, 5.74) is 0. The van der Waals surface area contributed by atoms with Crippen molar-refractivity contribution in [3.05, 3.63) is 0 Å². The molecular weight excluding hydrogens is 408 g/mol. The molecule has 0 aromatic heterocycles. The first-order valence-corrected chi connectivity index (χ1v) is 9.44. The quantitative estimate of drug-likeness (QED) is 0.227. The molecule has 1 saturated heterocycles. The number of esters is 1. The maximum Gasteiger partial charge on any atom is 0.306 e. The van der Waals surface area contributed by atoms with Crippen LogP contribution in [0.4, 0.5) is 0 Å².